The molecule has 1 heteroatoms. The van der Waals surface area contributed by atoms with Gasteiger partial charge in [0.15, 0.2) is 0 Å². The summed E-state index contributed by atoms with van der Waals surface area (Å²) in [6.07, 6.45) is 6.42. The van der Waals surface area contributed by atoms with Crippen molar-refractivity contribution in [2.75, 3.05) is 0 Å². The maximum absolute atomic E-state index is 11.2. The van der Waals surface area contributed by atoms with Crippen LogP contribution in [0.2, 0.25) is 0 Å². The summed E-state index contributed by atoms with van der Waals surface area (Å²) in [6.45, 7) is 2.10. The number of rotatable bonds is 1. The molecule has 0 heterocycles. The molecule has 0 bridgehead atoms. The number of ketones is 1. The molecule has 0 aromatic rings. The molecule has 0 amide bonds. The lowest BCUT2D eigenvalue weighted by atomic mass is 9.64. The normalized spacial score (nSPS) is 43.3. The van der Waals surface area contributed by atoms with Crippen molar-refractivity contribution in [1.29, 1.82) is 0 Å². The molecular formula is C9H12O. The fourth-order valence-corrected chi connectivity index (χ4v) is 2.21. The van der Waals surface area contributed by atoms with Gasteiger partial charge in [0.1, 0.15) is 5.78 Å². The number of hydrogen-bond donors (Lipinski definition) is 0. The van der Waals surface area contributed by atoms with Crippen LogP contribution in [0, 0.1) is 17.8 Å². The molecule has 0 radical (unpaired) electrons. The largest absolute Gasteiger partial charge is 0.299 e. The summed E-state index contributed by atoms with van der Waals surface area (Å²) in [5, 5.41) is 0. The average Bonchev–Trinajstić information content (AvgIpc) is 2.33. The zero-order valence-corrected chi connectivity index (χ0v) is 6.21. The highest BCUT2D eigenvalue weighted by atomic mass is 16.1. The summed E-state index contributed by atoms with van der Waals surface area (Å²) in [7, 11) is 0. The number of fused-ring (bicyclic) bond motifs is 1. The van der Waals surface area contributed by atoms with Crippen molar-refractivity contribution in [2.24, 2.45) is 17.8 Å². The van der Waals surface area contributed by atoms with Crippen LogP contribution < -0.4 is 0 Å². The highest BCUT2D eigenvalue weighted by Gasteiger charge is 2.47. The summed E-state index contributed by atoms with van der Waals surface area (Å²) in [4.78, 5) is 11.2. The molecule has 0 unspecified atom stereocenters. The third-order valence-electron chi connectivity index (χ3n) is 2.85. The van der Waals surface area contributed by atoms with Gasteiger partial charge in [-0.3, -0.25) is 4.79 Å². The molecule has 3 atom stereocenters. The molecule has 0 aliphatic heterocycles. The van der Waals surface area contributed by atoms with Gasteiger partial charge < -0.3 is 0 Å². The average molecular weight is 136 g/mol. The van der Waals surface area contributed by atoms with Gasteiger partial charge in [0.25, 0.3) is 0 Å². The standard InChI is InChI=1S/C9H12O/c1-2-6-7-4-3-5-8(7)9(6)10/h3-4,6-8H,2,5H2,1H3/t6-,7+,8+/m1/s1. The predicted octanol–water partition coefficient (Wildman–Crippen LogP) is 1.79. The van der Waals surface area contributed by atoms with Crippen molar-refractivity contribution >= 4 is 5.78 Å². The van der Waals surface area contributed by atoms with Crippen LogP contribution in [0.25, 0.3) is 0 Å². The highest BCUT2D eigenvalue weighted by molar-refractivity contribution is 5.91. The molecule has 0 aromatic heterocycles. The maximum Gasteiger partial charge on any atom is 0.140 e. The minimum absolute atomic E-state index is 0.378. The summed E-state index contributed by atoms with van der Waals surface area (Å²) in [5.41, 5.74) is 0. The molecule has 1 fully saturated rings. The van der Waals surface area contributed by atoms with Crippen LogP contribution in [-0.4, -0.2) is 5.78 Å². The zero-order valence-electron chi connectivity index (χ0n) is 6.21. The highest BCUT2D eigenvalue weighted by Crippen LogP contribution is 2.45. The molecule has 2 rings (SSSR count). The van der Waals surface area contributed by atoms with Gasteiger partial charge in [0.05, 0.1) is 0 Å². The van der Waals surface area contributed by atoms with Crippen LogP contribution in [0.5, 0.6) is 0 Å². The molecule has 2 aliphatic rings. The van der Waals surface area contributed by atoms with Gasteiger partial charge in [0, 0.05) is 11.8 Å². The van der Waals surface area contributed by atoms with Crippen molar-refractivity contribution in [3.05, 3.63) is 12.2 Å². The van der Waals surface area contributed by atoms with Gasteiger partial charge in [0.2, 0.25) is 0 Å². The third-order valence-corrected chi connectivity index (χ3v) is 2.85. The Balaban J connectivity index is 2.13. The quantitative estimate of drug-likeness (QED) is 0.502. The van der Waals surface area contributed by atoms with Gasteiger partial charge >= 0.3 is 0 Å². The van der Waals surface area contributed by atoms with Crippen LogP contribution in [0.3, 0.4) is 0 Å². The Bertz CT molecular complexity index is 193. The predicted molar refractivity (Wildman–Crippen MR) is 39.5 cm³/mol. The SMILES string of the molecule is CC[C@H]1C(=O)[C@H]2CC=C[C@H]21. The molecule has 10 heavy (non-hydrogen) atoms. The molecule has 2 aliphatic carbocycles. The van der Waals surface area contributed by atoms with Crippen molar-refractivity contribution < 1.29 is 4.79 Å². The lowest BCUT2D eigenvalue weighted by molar-refractivity contribution is -0.139. The summed E-state index contributed by atoms with van der Waals surface area (Å²) in [6, 6.07) is 0. The lowest BCUT2D eigenvalue weighted by Crippen LogP contribution is -2.43. The Morgan fingerprint density at radius 2 is 2.50 bits per heavy atom. The Morgan fingerprint density at radius 3 is 3.20 bits per heavy atom. The molecule has 0 N–H and O–H groups in total. The maximum atomic E-state index is 11.2. The molecular weight excluding hydrogens is 124 g/mol. The Morgan fingerprint density at radius 1 is 1.70 bits per heavy atom. The molecule has 0 spiro atoms. The number of allylic oxidation sites excluding steroid dienone is 2. The fraction of sp³-hybridized carbons (Fsp3) is 0.667. The molecule has 1 saturated carbocycles. The Hall–Kier alpha value is -0.590. The van der Waals surface area contributed by atoms with Crippen molar-refractivity contribution in [3.8, 4) is 0 Å². The van der Waals surface area contributed by atoms with Crippen molar-refractivity contribution in [3.63, 3.8) is 0 Å². The van der Waals surface area contributed by atoms with Crippen LogP contribution in [-0.2, 0) is 4.79 Å². The van der Waals surface area contributed by atoms with E-state index >= 15 is 0 Å². The summed E-state index contributed by atoms with van der Waals surface area (Å²) < 4.78 is 0. The first kappa shape index (κ1) is 6.14. The van der Waals surface area contributed by atoms with Gasteiger partial charge in [-0.25, -0.2) is 0 Å². The van der Waals surface area contributed by atoms with E-state index in [0.717, 1.165) is 12.8 Å². The molecule has 0 saturated heterocycles. The number of hydrogen-bond acceptors (Lipinski definition) is 1. The van der Waals surface area contributed by atoms with Gasteiger partial charge in [-0.1, -0.05) is 19.1 Å². The minimum Gasteiger partial charge on any atom is -0.299 e. The van der Waals surface area contributed by atoms with E-state index in [9.17, 15) is 4.79 Å². The van der Waals surface area contributed by atoms with E-state index in [1.54, 1.807) is 0 Å². The first-order valence-electron chi connectivity index (χ1n) is 4.05. The van der Waals surface area contributed by atoms with Crippen molar-refractivity contribution in [1.82, 2.24) is 0 Å². The first-order chi connectivity index (χ1) is 4.84. The van der Waals surface area contributed by atoms with E-state index in [1.807, 2.05) is 0 Å². The van der Waals surface area contributed by atoms with Gasteiger partial charge in [-0.2, -0.15) is 0 Å². The van der Waals surface area contributed by atoms with Crippen LogP contribution in [0.1, 0.15) is 19.8 Å². The Labute approximate surface area is 61.1 Å². The molecule has 1 nitrogen and oxygen atoms in total. The van der Waals surface area contributed by atoms with Gasteiger partial charge in [-0.15, -0.1) is 0 Å². The Kier molecular flexibility index (Phi) is 1.19. The van der Waals surface area contributed by atoms with Crippen molar-refractivity contribution in [2.45, 2.75) is 19.8 Å². The number of carbonyl (C=O) groups excluding carboxylic acids is 1. The molecule has 54 valence electrons. The summed E-state index contributed by atoms with van der Waals surface area (Å²) in [5.74, 6) is 1.91. The van der Waals surface area contributed by atoms with Crippen LogP contribution in [0.15, 0.2) is 12.2 Å². The third kappa shape index (κ3) is 0.556. The van der Waals surface area contributed by atoms with E-state index in [1.165, 1.54) is 0 Å². The second-order valence-corrected chi connectivity index (χ2v) is 3.26. The fourth-order valence-electron chi connectivity index (χ4n) is 2.21. The van der Waals surface area contributed by atoms with E-state index in [0.29, 0.717) is 23.5 Å². The second-order valence-electron chi connectivity index (χ2n) is 3.26. The second kappa shape index (κ2) is 1.94. The smallest absolute Gasteiger partial charge is 0.140 e. The van der Waals surface area contributed by atoms with E-state index in [4.69, 9.17) is 0 Å². The van der Waals surface area contributed by atoms with Crippen LogP contribution >= 0.6 is 0 Å². The monoisotopic (exact) mass is 136 g/mol. The number of carbonyl (C=O) groups is 1. The number of Topliss-reactive ketones (excluding diaryl/α,β-unsaturated/α-hetero) is 1. The lowest BCUT2D eigenvalue weighted by Gasteiger charge is -2.37. The molecule has 0 aromatic carbocycles. The van der Waals surface area contributed by atoms with E-state index in [-0.39, 0.29) is 0 Å². The summed E-state index contributed by atoms with van der Waals surface area (Å²) >= 11 is 0. The van der Waals surface area contributed by atoms with Gasteiger partial charge in [-0.05, 0) is 18.8 Å². The van der Waals surface area contributed by atoms with E-state index < -0.39 is 0 Å². The topological polar surface area (TPSA) is 17.1 Å². The minimum atomic E-state index is 0.378. The van der Waals surface area contributed by atoms with E-state index in [2.05, 4.69) is 19.1 Å². The zero-order chi connectivity index (χ0) is 7.14. The first-order valence-corrected chi connectivity index (χ1v) is 4.05. The van der Waals surface area contributed by atoms with Crippen LogP contribution in [0.4, 0.5) is 0 Å².